The third-order valence-electron chi connectivity index (χ3n) is 4.27. The molecular weight excluding hydrogens is 465 g/mol. The van der Waals surface area contributed by atoms with Gasteiger partial charge in [0.25, 0.3) is 5.90 Å². The Bertz CT molecular complexity index is 1200. The fourth-order valence-corrected chi connectivity index (χ4v) is 3.42. The number of carbonyl (C=O) groups excluding carboxylic acids is 1. The first-order chi connectivity index (χ1) is 14.9. The number of hydrogen-bond acceptors (Lipinski definition) is 6. The standard InChI is InChI=1S/C22H14Cl3NO5/c1-28-19-10-13(9-17-22(27)31-21(26-17)18-3-2-6-29-18)8-16(25)20(19)30-11-12-4-5-14(23)15(24)7-12/h2-10H,11H2,1H3/b17-9-. The number of carbonyl (C=O) groups is 1. The van der Waals surface area contributed by atoms with Crippen molar-refractivity contribution in [1.82, 2.24) is 0 Å². The predicted octanol–water partition coefficient (Wildman–Crippen LogP) is 6.17. The van der Waals surface area contributed by atoms with Crippen LogP contribution in [0.25, 0.3) is 6.08 Å². The van der Waals surface area contributed by atoms with Gasteiger partial charge < -0.3 is 18.6 Å². The second-order valence-electron chi connectivity index (χ2n) is 6.38. The van der Waals surface area contributed by atoms with Crippen LogP contribution in [0.15, 0.2) is 63.8 Å². The molecule has 6 nitrogen and oxygen atoms in total. The molecule has 0 unspecified atom stereocenters. The Morgan fingerprint density at radius 3 is 2.61 bits per heavy atom. The summed E-state index contributed by atoms with van der Waals surface area (Å²) >= 11 is 18.4. The molecule has 0 atom stereocenters. The normalized spacial score (nSPS) is 14.5. The lowest BCUT2D eigenvalue weighted by Gasteiger charge is -2.14. The van der Waals surface area contributed by atoms with Crippen LogP contribution in [-0.4, -0.2) is 19.0 Å². The van der Waals surface area contributed by atoms with E-state index >= 15 is 0 Å². The number of halogens is 3. The van der Waals surface area contributed by atoms with E-state index in [1.807, 2.05) is 0 Å². The van der Waals surface area contributed by atoms with Crippen molar-refractivity contribution < 1.29 is 23.4 Å². The maximum atomic E-state index is 12.1. The molecule has 3 aromatic rings. The monoisotopic (exact) mass is 477 g/mol. The Kier molecular flexibility index (Phi) is 6.23. The number of nitrogens with zero attached hydrogens (tertiary/aromatic N) is 1. The largest absolute Gasteiger partial charge is 0.493 e. The van der Waals surface area contributed by atoms with Gasteiger partial charge in [0.2, 0.25) is 0 Å². The average molecular weight is 479 g/mol. The van der Waals surface area contributed by atoms with Crippen molar-refractivity contribution in [1.29, 1.82) is 0 Å². The second kappa shape index (κ2) is 9.06. The third kappa shape index (κ3) is 4.71. The maximum absolute atomic E-state index is 12.1. The maximum Gasteiger partial charge on any atom is 0.363 e. The van der Waals surface area contributed by atoms with Gasteiger partial charge in [0, 0.05) is 0 Å². The molecule has 9 heteroatoms. The van der Waals surface area contributed by atoms with E-state index in [1.54, 1.807) is 42.5 Å². The van der Waals surface area contributed by atoms with Crippen molar-refractivity contribution in [2.24, 2.45) is 4.99 Å². The number of methoxy groups -OCH3 is 1. The summed E-state index contributed by atoms with van der Waals surface area (Å²) in [6, 6.07) is 11.8. The van der Waals surface area contributed by atoms with E-state index in [-0.39, 0.29) is 18.2 Å². The lowest BCUT2D eigenvalue weighted by Crippen LogP contribution is -2.04. The van der Waals surface area contributed by atoms with Crippen molar-refractivity contribution in [3.8, 4) is 11.5 Å². The summed E-state index contributed by atoms with van der Waals surface area (Å²) in [5.74, 6) is 0.605. The minimum atomic E-state index is -0.596. The Labute approximate surface area is 192 Å². The van der Waals surface area contributed by atoms with Gasteiger partial charge in [-0.25, -0.2) is 9.79 Å². The number of benzene rings is 2. The van der Waals surface area contributed by atoms with Crippen LogP contribution in [0.3, 0.4) is 0 Å². The van der Waals surface area contributed by atoms with Crippen molar-refractivity contribution in [3.63, 3.8) is 0 Å². The first kappa shape index (κ1) is 21.3. The summed E-state index contributed by atoms with van der Waals surface area (Å²) in [6.07, 6.45) is 3.00. The molecule has 0 radical (unpaired) electrons. The van der Waals surface area contributed by atoms with Gasteiger partial charge in [-0.1, -0.05) is 40.9 Å². The summed E-state index contributed by atoms with van der Waals surface area (Å²) in [6.45, 7) is 0.205. The zero-order valence-corrected chi connectivity index (χ0v) is 18.3. The number of furan rings is 1. The van der Waals surface area contributed by atoms with Gasteiger partial charge in [0.05, 0.1) is 28.4 Å². The zero-order chi connectivity index (χ0) is 22.0. The Morgan fingerprint density at radius 1 is 1.06 bits per heavy atom. The molecule has 1 aromatic heterocycles. The molecule has 2 heterocycles. The van der Waals surface area contributed by atoms with Crippen molar-refractivity contribution >= 4 is 52.7 Å². The SMILES string of the molecule is COc1cc(/C=C2\N=C(c3ccco3)OC2=O)cc(Cl)c1OCc1ccc(Cl)c(Cl)c1. The van der Waals surface area contributed by atoms with Crippen LogP contribution in [0, 0.1) is 0 Å². The molecule has 2 aromatic carbocycles. The fourth-order valence-electron chi connectivity index (χ4n) is 2.82. The van der Waals surface area contributed by atoms with Crippen LogP contribution in [0.2, 0.25) is 15.1 Å². The minimum absolute atomic E-state index is 0.0980. The molecule has 0 saturated carbocycles. The first-order valence-electron chi connectivity index (χ1n) is 8.95. The van der Waals surface area contributed by atoms with E-state index < -0.39 is 5.97 Å². The van der Waals surface area contributed by atoms with Crippen LogP contribution in [-0.2, 0) is 16.1 Å². The lowest BCUT2D eigenvalue weighted by molar-refractivity contribution is -0.130. The summed E-state index contributed by atoms with van der Waals surface area (Å²) in [5.41, 5.74) is 1.50. The summed E-state index contributed by atoms with van der Waals surface area (Å²) in [7, 11) is 1.49. The van der Waals surface area contributed by atoms with Gasteiger partial charge in [0.1, 0.15) is 6.61 Å². The number of esters is 1. The van der Waals surface area contributed by atoms with Crippen LogP contribution >= 0.6 is 34.8 Å². The second-order valence-corrected chi connectivity index (χ2v) is 7.61. The van der Waals surface area contributed by atoms with E-state index in [0.717, 1.165) is 5.56 Å². The smallest absolute Gasteiger partial charge is 0.363 e. The van der Waals surface area contributed by atoms with Gasteiger partial charge in [-0.3, -0.25) is 0 Å². The van der Waals surface area contributed by atoms with Gasteiger partial charge in [-0.05, 0) is 53.6 Å². The Hall–Kier alpha value is -2.93. The van der Waals surface area contributed by atoms with E-state index in [9.17, 15) is 4.79 Å². The van der Waals surface area contributed by atoms with Gasteiger partial charge in [-0.15, -0.1) is 0 Å². The Balaban J connectivity index is 1.58. The Morgan fingerprint density at radius 2 is 1.90 bits per heavy atom. The molecule has 1 aliphatic rings. The van der Waals surface area contributed by atoms with E-state index in [2.05, 4.69) is 4.99 Å². The number of rotatable bonds is 6. The number of aliphatic imine (C=N–C) groups is 1. The lowest BCUT2D eigenvalue weighted by atomic mass is 10.1. The molecule has 31 heavy (non-hydrogen) atoms. The van der Waals surface area contributed by atoms with Crippen LogP contribution in [0.5, 0.6) is 11.5 Å². The van der Waals surface area contributed by atoms with Crippen molar-refractivity contribution in [3.05, 3.63) is 86.4 Å². The molecule has 158 valence electrons. The number of hydrogen-bond donors (Lipinski definition) is 0. The molecule has 0 N–H and O–H groups in total. The molecule has 0 fully saturated rings. The predicted molar refractivity (Wildman–Crippen MR) is 118 cm³/mol. The average Bonchev–Trinajstić information content (AvgIpc) is 3.40. The number of ether oxygens (including phenoxy) is 3. The summed E-state index contributed by atoms with van der Waals surface area (Å²) < 4.78 is 21.6. The van der Waals surface area contributed by atoms with Gasteiger partial charge in [0.15, 0.2) is 23.0 Å². The fraction of sp³-hybridized carbons (Fsp3) is 0.0909. The minimum Gasteiger partial charge on any atom is -0.493 e. The molecule has 0 spiro atoms. The third-order valence-corrected chi connectivity index (χ3v) is 5.29. The molecule has 0 amide bonds. The quantitative estimate of drug-likeness (QED) is 0.313. The van der Waals surface area contributed by atoms with E-state index in [0.29, 0.717) is 37.9 Å². The topological polar surface area (TPSA) is 70.3 Å². The molecule has 1 aliphatic heterocycles. The highest BCUT2D eigenvalue weighted by atomic mass is 35.5. The highest BCUT2D eigenvalue weighted by Crippen LogP contribution is 2.38. The summed E-state index contributed by atoms with van der Waals surface area (Å²) in [4.78, 5) is 16.3. The van der Waals surface area contributed by atoms with Gasteiger partial charge >= 0.3 is 5.97 Å². The van der Waals surface area contributed by atoms with Crippen LogP contribution < -0.4 is 9.47 Å². The molecular formula is C22H14Cl3NO5. The highest BCUT2D eigenvalue weighted by Gasteiger charge is 2.26. The van der Waals surface area contributed by atoms with Gasteiger partial charge in [-0.2, -0.15) is 0 Å². The van der Waals surface area contributed by atoms with Crippen molar-refractivity contribution in [2.45, 2.75) is 6.61 Å². The van der Waals surface area contributed by atoms with E-state index in [1.165, 1.54) is 19.4 Å². The van der Waals surface area contributed by atoms with Crippen molar-refractivity contribution in [2.75, 3.05) is 7.11 Å². The molecule has 0 aliphatic carbocycles. The molecule has 0 saturated heterocycles. The highest BCUT2D eigenvalue weighted by molar-refractivity contribution is 6.42. The van der Waals surface area contributed by atoms with E-state index in [4.69, 9.17) is 53.4 Å². The molecule has 4 rings (SSSR count). The number of cyclic esters (lactones) is 1. The van der Waals surface area contributed by atoms with Crippen LogP contribution in [0.1, 0.15) is 16.9 Å². The molecule has 0 bridgehead atoms. The zero-order valence-electron chi connectivity index (χ0n) is 16.0. The summed E-state index contributed by atoms with van der Waals surface area (Å²) in [5, 5.41) is 1.19. The van der Waals surface area contributed by atoms with Crippen LogP contribution in [0.4, 0.5) is 0 Å². The first-order valence-corrected chi connectivity index (χ1v) is 10.1.